The first-order valence-corrected chi connectivity index (χ1v) is 7.94. The Morgan fingerprint density at radius 3 is 2.96 bits per heavy atom. The highest BCUT2D eigenvalue weighted by atomic mass is 16.5. The van der Waals surface area contributed by atoms with Gasteiger partial charge in [0, 0.05) is 44.2 Å². The second-order valence-corrected chi connectivity index (χ2v) is 6.29. The topological polar surface area (TPSA) is 96.6 Å². The lowest BCUT2D eigenvalue weighted by molar-refractivity contribution is -0.120. The number of ether oxygens (including phenoxy) is 1. The first-order chi connectivity index (χ1) is 11.0. The predicted octanol–water partition coefficient (Wildman–Crippen LogP) is -0.142. The molecule has 126 valence electrons. The zero-order chi connectivity index (χ0) is 16.4. The van der Waals surface area contributed by atoms with Crippen LogP contribution in [0, 0.1) is 0 Å². The summed E-state index contributed by atoms with van der Waals surface area (Å²) in [6.07, 6.45) is 2.35. The van der Waals surface area contributed by atoms with Gasteiger partial charge in [0.2, 0.25) is 17.7 Å². The summed E-state index contributed by atoms with van der Waals surface area (Å²) in [5.74, 6) is 1.61. The molecule has 3 rings (SSSR count). The first-order valence-electron chi connectivity index (χ1n) is 7.94. The Labute approximate surface area is 136 Å². The van der Waals surface area contributed by atoms with Gasteiger partial charge in [-0.2, -0.15) is 9.97 Å². The molecular weight excluding hydrogens is 296 g/mol. The average Bonchev–Trinajstić information content (AvgIpc) is 2.72. The van der Waals surface area contributed by atoms with Crippen molar-refractivity contribution in [1.82, 2.24) is 20.2 Å². The zero-order valence-corrected chi connectivity index (χ0v) is 13.7. The molecule has 1 spiro atoms. The maximum atomic E-state index is 11.7. The third kappa shape index (κ3) is 3.17. The molecule has 23 heavy (non-hydrogen) atoms. The number of carbonyl (C=O) groups excluding carboxylic acids is 1. The highest BCUT2D eigenvalue weighted by Gasteiger charge is 2.41. The van der Waals surface area contributed by atoms with E-state index in [1.54, 1.807) is 7.11 Å². The van der Waals surface area contributed by atoms with Gasteiger partial charge < -0.3 is 20.7 Å². The zero-order valence-electron chi connectivity index (χ0n) is 13.7. The number of amides is 1. The van der Waals surface area contributed by atoms with E-state index in [0.717, 1.165) is 38.3 Å². The molecule has 2 fully saturated rings. The second-order valence-electron chi connectivity index (χ2n) is 6.29. The lowest BCUT2D eigenvalue weighted by atomic mass is 9.86. The van der Waals surface area contributed by atoms with Gasteiger partial charge in [-0.05, 0) is 19.9 Å². The Morgan fingerprint density at radius 2 is 2.17 bits per heavy atom. The Hall–Kier alpha value is -2.09. The summed E-state index contributed by atoms with van der Waals surface area (Å²) in [6.45, 7) is 3.31. The lowest BCUT2D eigenvalue weighted by Crippen LogP contribution is -2.61. The van der Waals surface area contributed by atoms with Gasteiger partial charge in [0.1, 0.15) is 5.82 Å². The van der Waals surface area contributed by atoms with Crippen LogP contribution in [-0.2, 0) is 4.79 Å². The number of hydrogen-bond donors (Lipinski definition) is 2. The summed E-state index contributed by atoms with van der Waals surface area (Å²) in [7, 11) is 3.71. The molecule has 3 heterocycles. The molecular formula is C15H24N6O2. The molecule has 8 heteroatoms. The number of nitrogen functional groups attached to an aromatic ring is 1. The Kier molecular flexibility index (Phi) is 4.25. The van der Waals surface area contributed by atoms with Crippen LogP contribution in [0.3, 0.4) is 0 Å². The third-order valence-corrected chi connectivity index (χ3v) is 4.97. The molecule has 1 amide bonds. The van der Waals surface area contributed by atoms with Crippen molar-refractivity contribution < 1.29 is 9.53 Å². The monoisotopic (exact) mass is 320 g/mol. The number of likely N-dealkylation sites (N-methyl/N-ethyl adjacent to an activating group) is 1. The first kappa shape index (κ1) is 15.8. The van der Waals surface area contributed by atoms with Gasteiger partial charge in [-0.25, -0.2) is 0 Å². The minimum Gasteiger partial charge on any atom is -0.481 e. The molecule has 1 atom stereocenters. The molecule has 2 aliphatic rings. The summed E-state index contributed by atoms with van der Waals surface area (Å²) in [4.78, 5) is 24.7. The van der Waals surface area contributed by atoms with E-state index in [4.69, 9.17) is 10.5 Å². The van der Waals surface area contributed by atoms with E-state index < -0.39 is 0 Å². The molecule has 0 bridgehead atoms. The van der Waals surface area contributed by atoms with Crippen molar-refractivity contribution in [3.05, 3.63) is 6.07 Å². The number of nitrogens with two attached hydrogens (primary N) is 1. The minimum atomic E-state index is -0.0235. The molecule has 2 saturated heterocycles. The van der Waals surface area contributed by atoms with Crippen LogP contribution in [-0.4, -0.2) is 66.7 Å². The van der Waals surface area contributed by atoms with Gasteiger partial charge in [-0.1, -0.05) is 0 Å². The van der Waals surface area contributed by atoms with Gasteiger partial charge in [0.05, 0.1) is 7.11 Å². The molecule has 0 aliphatic carbocycles. The summed E-state index contributed by atoms with van der Waals surface area (Å²) in [5.41, 5.74) is 5.76. The molecule has 8 nitrogen and oxygen atoms in total. The lowest BCUT2D eigenvalue weighted by Gasteiger charge is -2.49. The number of methoxy groups -OCH3 is 1. The van der Waals surface area contributed by atoms with Crippen molar-refractivity contribution in [2.45, 2.75) is 24.8 Å². The Morgan fingerprint density at radius 1 is 1.35 bits per heavy atom. The smallest absolute Gasteiger partial charge is 0.225 e. The number of anilines is 2. The predicted molar refractivity (Wildman–Crippen MR) is 87.4 cm³/mol. The molecule has 0 radical (unpaired) electrons. The molecule has 0 unspecified atom stereocenters. The SMILES string of the molecule is COc1cc(N2CCN(C)[C@]3(CCNC(=O)CC3)C2)nc(N)n1. The number of carbonyl (C=O) groups is 1. The van der Waals surface area contributed by atoms with Crippen molar-refractivity contribution in [2.75, 3.05) is 51.0 Å². The van der Waals surface area contributed by atoms with Gasteiger partial charge in [-0.15, -0.1) is 0 Å². The van der Waals surface area contributed by atoms with Gasteiger partial charge in [0.25, 0.3) is 0 Å². The van der Waals surface area contributed by atoms with Crippen LogP contribution in [0.1, 0.15) is 19.3 Å². The number of aromatic nitrogens is 2. The fourth-order valence-electron chi connectivity index (χ4n) is 3.49. The maximum absolute atomic E-state index is 11.7. The summed E-state index contributed by atoms with van der Waals surface area (Å²) in [5, 5.41) is 2.97. The van der Waals surface area contributed by atoms with Crippen molar-refractivity contribution in [2.24, 2.45) is 0 Å². The number of nitrogens with one attached hydrogen (secondary N) is 1. The average molecular weight is 320 g/mol. The highest BCUT2D eigenvalue weighted by Crippen LogP contribution is 2.32. The van der Waals surface area contributed by atoms with E-state index in [1.807, 2.05) is 6.07 Å². The molecule has 1 aromatic rings. The van der Waals surface area contributed by atoms with E-state index in [2.05, 4.69) is 32.1 Å². The Balaban J connectivity index is 1.85. The quantitative estimate of drug-likeness (QED) is 0.783. The third-order valence-electron chi connectivity index (χ3n) is 4.97. The molecule has 0 saturated carbocycles. The Bertz CT molecular complexity index is 595. The van der Waals surface area contributed by atoms with Crippen molar-refractivity contribution in [1.29, 1.82) is 0 Å². The highest BCUT2D eigenvalue weighted by molar-refractivity contribution is 5.76. The standard InChI is InChI=1S/C15H24N6O2/c1-20-7-8-21(11-9-13(23-2)19-14(16)18-11)10-15(20)4-3-12(22)17-6-5-15/h9H,3-8,10H2,1-2H3,(H,17,22)(H2,16,18,19)/t15-/m1/s1. The van der Waals surface area contributed by atoms with E-state index in [-0.39, 0.29) is 17.4 Å². The van der Waals surface area contributed by atoms with E-state index in [1.165, 1.54) is 0 Å². The van der Waals surface area contributed by atoms with Gasteiger partial charge in [-0.3, -0.25) is 9.69 Å². The van der Waals surface area contributed by atoms with Gasteiger partial charge in [0.15, 0.2) is 0 Å². The summed E-state index contributed by atoms with van der Waals surface area (Å²) in [6, 6.07) is 1.81. The van der Waals surface area contributed by atoms with Gasteiger partial charge >= 0.3 is 0 Å². The summed E-state index contributed by atoms with van der Waals surface area (Å²) >= 11 is 0. The van der Waals surface area contributed by atoms with Crippen LogP contribution in [0.2, 0.25) is 0 Å². The van der Waals surface area contributed by atoms with Crippen molar-refractivity contribution >= 4 is 17.7 Å². The molecule has 1 aromatic heterocycles. The fourth-order valence-corrected chi connectivity index (χ4v) is 3.49. The molecule has 2 aliphatic heterocycles. The van der Waals surface area contributed by atoms with Crippen LogP contribution in [0.25, 0.3) is 0 Å². The molecule has 0 aromatic carbocycles. The van der Waals surface area contributed by atoms with Crippen LogP contribution in [0.15, 0.2) is 6.07 Å². The fraction of sp³-hybridized carbons (Fsp3) is 0.667. The van der Waals surface area contributed by atoms with E-state index >= 15 is 0 Å². The van der Waals surface area contributed by atoms with Crippen molar-refractivity contribution in [3.63, 3.8) is 0 Å². The van der Waals surface area contributed by atoms with Crippen LogP contribution in [0.4, 0.5) is 11.8 Å². The number of nitrogens with zero attached hydrogens (tertiary/aromatic N) is 4. The maximum Gasteiger partial charge on any atom is 0.225 e. The minimum absolute atomic E-state index is 0.0235. The van der Waals surface area contributed by atoms with Crippen LogP contribution < -0.4 is 20.7 Å². The number of piperazine rings is 1. The van der Waals surface area contributed by atoms with E-state index in [9.17, 15) is 4.79 Å². The normalized spacial score (nSPS) is 26.0. The van der Waals surface area contributed by atoms with Crippen LogP contribution >= 0.6 is 0 Å². The second kappa shape index (κ2) is 6.19. The largest absolute Gasteiger partial charge is 0.481 e. The van der Waals surface area contributed by atoms with Crippen molar-refractivity contribution in [3.8, 4) is 5.88 Å². The van der Waals surface area contributed by atoms with E-state index in [0.29, 0.717) is 18.8 Å². The van der Waals surface area contributed by atoms with Crippen LogP contribution in [0.5, 0.6) is 5.88 Å². The number of hydrogen-bond acceptors (Lipinski definition) is 7. The summed E-state index contributed by atoms with van der Waals surface area (Å²) < 4.78 is 5.20. The molecule has 3 N–H and O–H groups in total. The number of rotatable bonds is 2.